The van der Waals surface area contributed by atoms with E-state index in [4.69, 9.17) is 4.74 Å². The van der Waals surface area contributed by atoms with Crippen LogP contribution in [0, 0.1) is 12.1 Å². The molecule has 0 amide bonds. The van der Waals surface area contributed by atoms with Crippen LogP contribution in [0.3, 0.4) is 0 Å². The molecule has 0 radical (unpaired) electrons. The summed E-state index contributed by atoms with van der Waals surface area (Å²) in [5.74, 6) is 0.0695. The first-order valence-corrected chi connectivity index (χ1v) is 9.69. The molecule has 0 fully saturated rings. The number of hydrogen-bond acceptors (Lipinski definition) is 4. The van der Waals surface area contributed by atoms with Crippen molar-refractivity contribution >= 4 is 27.5 Å². The van der Waals surface area contributed by atoms with Gasteiger partial charge in [0.25, 0.3) is 0 Å². The normalized spacial score (nSPS) is 10.7. The van der Waals surface area contributed by atoms with E-state index in [9.17, 15) is 15.0 Å². The number of ether oxygens (including phenoxy) is 1. The van der Waals surface area contributed by atoms with Gasteiger partial charge in [-0.15, -0.1) is 0 Å². The predicted molar refractivity (Wildman–Crippen MR) is 119 cm³/mol. The Bertz CT molecular complexity index is 1450. The molecule has 0 unspecified atom stereocenters. The van der Waals surface area contributed by atoms with Gasteiger partial charge in [-0.05, 0) is 40.8 Å². The zero-order chi connectivity index (χ0) is 21.4. The average Bonchev–Trinajstić information content (AvgIpc) is 2.81. The summed E-state index contributed by atoms with van der Waals surface area (Å²) in [4.78, 5) is 13.2. The second kappa shape index (κ2) is 7.40. The lowest BCUT2D eigenvalue weighted by molar-refractivity contribution is 0.0738. The van der Waals surface area contributed by atoms with E-state index >= 15 is 0 Å². The van der Waals surface area contributed by atoms with Crippen molar-refractivity contribution in [2.24, 2.45) is 0 Å². The van der Waals surface area contributed by atoms with Crippen LogP contribution >= 0.6 is 0 Å². The standard InChI is InChI=1S/C27H16O4/c28-24-14-13-19(17-7-1-3-9-20(17)24)18-8-2-6-12-23(18)27(30)31-26-16-15-25(29)21-10-4-5-11-22(21)26/h1-3,6-16,28-29H. The number of fused-ring (bicyclic) bond motifs is 2. The summed E-state index contributed by atoms with van der Waals surface area (Å²) in [6, 6.07) is 30.0. The van der Waals surface area contributed by atoms with Gasteiger partial charge >= 0.3 is 5.97 Å². The molecule has 0 heterocycles. The summed E-state index contributed by atoms with van der Waals surface area (Å²) in [6.07, 6.45) is 0. The molecule has 5 rings (SSSR count). The van der Waals surface area contributed by atoms with Gasteiger partial charge in [0.15, 0.2) is 0 Å². The third-order valence-electron chi connectivity index (χ3n) is 5.28. The maximum Gasteiger partial charge on any atom is 0.344 e. The summed E-state index contributed by atoms with van der Waals surface area (Å²) in [7, 11) is 0. The minimum Gasteiger partial charge on any atom is -0.507 e. The van der Waals surface area contributed by atoms with Crippen molar-refractivity contribution in [3.63, 3.8) is 0 Å². The SMILES string of the molecule is O=C(Oc1ccc(O)c2cc#ccc12)c1ccccc1-c1ccc(O)c2ccccc12. The van der Waals surface area contributed by atoms with Crippen LogP contribution in [-0.2, 0) is 0 Å². The maximum atomic E-state index is 13.2. The molecule has 5 aromatic rings. The number of hydrogen-bond donors (Lipinski definition) is 2. The first-order valence-electron chi connectivity index (χ1n) is 9.69. The smallest absolute Gasteiger partial charge is 0.344 e. The Morgan fingerprint density at radius 3 is 2.13 bits per heavy atom. The lowest BCUT2D eigenvalue weighted by Gasteiger charge is -2.13. The molecule has 0 spiro atoms. The first kappa shape index (κ1) is 18.5. The van der Waals surface area contributed by atoms with E-state index in [1.54, 1.807) is 42.5 Å². The molecule has 31 heavy (non-hydrogen) atoms. The van der Waals surface area contributed by atoms with Crippen LogP contribution in [0.4, 0.5) is 0 Å². The average molecular weight is 404 g/mol. The van der Waals surface area contributed by atoms with Gasteiger partial charge in [0.2, 0.25) is 0 Å². The van der Waals surface area contributed by atoms with E-state index in [2.05, 4.69) is 12.1 Å². The Morgan fingerprint density at radius 1 is 0.645 bits per heavy atom. The van der Waals surface area contributed by atoms with Gasteiger partial charge < -0.3 is 14.9 Å². The molecule has 0 atom stereocenters. The Morgan fingerprint density at radius 2 is 1.29 bits per heavy atom. The molecule has 0 saturated carbocycles. The second-order valence-electron chi connectivity index (χ2n) is 7.10. The highest BCUT2D eigenvalue weighted by molar-refractivity contribution is 6.06. The first-order chi connectivity index (χ1) is 15.1. The van der Waals surface area contributed by atoms with Crippen molar-refractivity contribution in [2.45, 2.75) is 0 Å². The van der Waals surface area contributed by atoms with Crippen LogP contribution in [0.15, 0.2) is 84.9 Å². The Kier molecular flexibility index (Phi) is 4.42. The maximum absolute atomic E-state index is 13.2. The molecule has 5 aromatic carbocycles. The Balaban J connectivity index is 1.61. The molecular weight excluding hydrogens is 388 g/mol. The second-order valence-corrected chi connectivity index (χ2v) is 7.10. The number of phenols is 2. The Labute approximate surface area is 178 Å². The summed E-state index contributed by atoms with van der Waals surface area (Å²) in [5, 5.41) is 22.9. The molecule has 2 N–H and O–H groups in total. The molecule has 0 aliphatic rings. The van der Waals surface area contributed by atoms with Crippen molar-refractivity contribution in [3.05, 3.63) is 103 Å². The fourth-order valence-corrected chi connectivity index (χ4v) is 3.79. The van der Waals surface area contributed by atoms with E-state index in [0.717, 1.165) is 10.9 Å². The van der Waals surface area contributed by atoms with E-state index in [1.807, 2.05) is 36.4 Å². The number of carbonyl (C=O) groups excluding carboxylic acids is 1. The molecule has 0 aliphatic heterocycles. The number of phenolic OH excluding ortho intramolecular Hbond substituents is 2. The molecule has 0 aliphatic carbocycles. The predicted octanol–water partition coefficient (Wildman–Crippen LogP) is 5.89. The van der Waals surface area contributed by atoms with Crippen LogP contribution in [0.25, 0.3) is 32.7 Å². The third kappa shape index (κ3) is 3.19. The highest BCUT2D eigenvalue weighted by Gasteiger charge is 2.18. The van der Waals surface area contributed by atoms with Gasteiger partial charge in [0.05, 0.1) is 5.56 Å². The Hall–Kier alpha value is -4.49. The molecule has 4 nitrogen and oxygen atoms in total. The van der Waals surface area contributed by atoms with Gasteiger partial charge in [0.1, 0.15) is 17.2 Å². The monoisotopic (exact) mass is 404 g/mol. The molecule has 0 saturated heterocycles. The zero-order valence-corrected chi connectivity index (χ0v) is 16.3. The van der Waals surface area contributed by atoms with Crippen LogP contribution in [0.1, 0.15) is 10.4 Å². The number of rotatable bonds is 3. The van der Waals surface area contributed by atoms with Crippen molar-refractivity contribution in [1.82, 2.24) is 0 Å². The summed E-state index contributed by atoms with van der Waals surface area (Å²) in [6.45, 7) is 0. The number of benzene rings is 4. The van der Waals surface area contributed by atoms with Crippen molar-refractivity contribution in [1.29, 1.82) is 0 Å². The minimum atomic E-state index is -0.521. The minimum absolute atomic E-state index is 0.0796. The summed E-state index contributed by atoms with van der Waals surface area (Å²) in [5.41, 5.74) is 1.91. The molecule has 0 aromatic heterocycles. The van der Waals surface area contributed by atoms with Crippen molar-refractivity contribution < 1.29 is 19.7 Å². The zero-order valence-electron chi connectivity index (χ0n) is 16.3. The lowest BCUT2D eigenvalue weighted by atomic mass is 9.94. The van der Waals surface area contributed by atoms with Crippen LogP contribution in [0.5, 0.6) is 17.2 Å². The van der Waals surface area contributed by atoms with E-state index in [-0.39, 0.29) is 11.5 Å². The number of carbonyl (C=O) groups is 1. The summed E-state index contributed by atoms with van der Waals surface area (Å²) >= 11 is 0. The molecule has 148 valence electrons. The van der Waals surface area contributed by atoms with Gasteiger partial charge in [0, 0.05) is 28.3 Å². The van der Waals surface area contributed by atoms with Gasteiger partial charge in [-0.3, -0.25) is 0 Å². The highest BCUT2D eigenvalue weighted by atomic mass is 16.5. The summed E-state index contributed by atoms with van der Waals surface area (Å²) < 4.78 is 5.73. The fourth-order valence-electron chi connectivity index (χ4n) is 3.79. The number of aromatic hydroxyl groups is 2. The molecule has 4 heteroatoms. The van der Waals surface area contributed by atoms with Crippen LogP contribution < -0.4 is 4.74 Å². The van der Waals surface area contributed by atoms with Gasteiger partial charge in [-0.1, -0.05) is 60.7 Å². The topological polar surface area (TPSA) is 66.8 Å². The largest absolute Gasteiger partial charge is 0.507 e. The molecular formula is C27H16O4. The van der Waals surface area contributed by atoms with Gasteiger partial charge in [-0.2, -0.15) is 0 Å². The van der Waals surface area contributed by atoms with E-state index in [1.165, 1.54) is 6.07 Å². The van der Waals surface area contributed by atoms with Gasteiger partial charge in [-0.25, -0.2) is 4.79 Å². The van der Waals surface area contributed by atoms with Crippen LogP contribution in [-0.4, -0.2) is 16.2 Å². The molecule has 0 bridgehead atoms. The van der Waals surface area contributed by atoms with Crippen LogP contribution in [0.2, 0.25) is 0 Å². The number of esters is 1. The van der Waals surface area contributed by atoms with Crippen molar-refractivity contribution in [2.75, 3.05) is 0 Å². The highest BCUT2D eigenvalue weighted by Crippen LogP contribution is 2.36. The quantitative estimate of drug-likeness (QED) is 0.291. The van der Waals surface area contributed by atoms with E-state index in [0.29, 0.717) is 33.0 Å². The van der Waals surface area contributed by atoms with E-state index < -0.39 is 5.97 Å². The third-order valence-corrected chi connectivity index (χ3v) is 5.28. The lowest BCUT2D eigenvalue weighted by Crippen LogP contribution is -2.10. The van der Waals surface area contributed by atoms with Crippen molar-refractivity contribution in [3.8, 4) is 28.4 Å². The fraction of sp³-hybridized carbons (Fsp3) is 0.